The van der Waals surface area contributed by atoms with E-state index < -0.39 is 23.1 Å². The van der Waals surface area contributed by atoms with Crippen LogP contribution in [0.25, 0.3) is 11.3 Å². The summed E-state index contributed by atoms with van der Waals surface area (Å²) in [6, 6.07) is 12.3. The second-order valence-electron chi connectivity index (χ2n) is 7.26. The number of carbonyl (C=O) groups is 2. The van der Waals surface area contributed by atoms with Gasteiger partial charge >= 0.3 is 0 Å². The molecule has 0 saturated heterocycles. The smallest absolute Gasteiger partial charge is 0.279 e. The summed E-state index contributed by atoms with van der Waals surface area (Å²) in [4.78, 5) is 39.6. The highest BCUT2D eigenvalue weighted by atomic mass is 19.1. The first-order valence-corrected chi connectivity index (χ1v) is 9.57. The Bertz CT molecular complexity index is 1340. The van der Waals surface area contributed by atoms with Crippen LogP contribution in [-0.4, -0.2) is 27.2 Å². The van der Waals surface area contributed by atoms with Gasteiger partial charge in [0.05, 0.1) is 28.1 Å². The number of allylic oxidation sites excluding steroid dienone is 1. The number of ketones is 1. The van der Waals surface area contributed by atoms with Gasteiger partial charge in [0, 0.05) is 11.3 Å². The van der Waals surface area contributed by atoms with Crippen LogP contribution in [-0.2, 0) is 4.79 Å². The highest BCUT2D eigenvalue weighted by Gasteiger charge is 2.33. The van der Waals surface area contributed by atoms with Gasteiger partial charge in [-0.25, -0.2) is 14.5 Å². The number of rotatable bonds is 4. The molecule has 0 bridgehead atoms. The zero-order chi connectivity index (χ0) is 22.3. The normalized spacial score (nSPS) is 15.0. The predicted molar refractivity (Wildman–Crippen MR) is 115 cm³/mol. The van der Waals surface area contributed by atoms with Gasteiger partial charge in [0.25, 0.3) is 11.5 Å². The fourth-order valence-corrected chi connectivity index (χ4v) is 3.63. The Kier molecular flexibility index (Phi) is 4.98. The second kappa shape index (κ2) is 7.64. The monoisotopic (exact) mass is 418 g/mol. The fraction of sp³-hybridized carbons (Fsp3) is 0.130. The van der Waals surface area contributed by atoms with Crippen molar-refractivity contribution in [1.29, 1.82) is 0 Å². The topological polar surface area (TPSA) is 96.3 Å². The summed E-state index contributed by atoms with van der Waals surface area (Å²) in [6.45, 7) is 5.02. The fourth-order valence-electron chi connectivity index (χ4n) is 3.63. The summed E-state index contributed by atoms with van der Waals surface area (Å²) in [5.74, 6) is -1.44. The summed E-state index contributed by atoms with van der Waals surface area (Å²) in [7, 11) is 0. The Morgan fingerprint density at radius 1 is 1.00 bits per heavy atom. The molecule has 0 unspecified atom stereocenters. The van der Waals surface area contributed by atoms with Crippen molar-refractivity contribution in [1.82, 2.24) is 15.2 Å². The number of carbonyl (C=O) groups excluding carboxylic acids is 2. The molecular formula is C23H19FN4O3. The van der Waals surface area contributed by atoms with Crippen LogP contribution in [0.5, 0.6) is 0 Å². The van der Waals surface area contributed by atoms with Gasteiger partial charge in [0.15, 0.2) is 5.78 Å². The molecule has 8 heteroatoms. The molecule has 1 aliphatic heterocycles. The lowest BCUT2D eigenvalue weighted by molar-refractivity contribution is -0.116. The number of aromatic amines is 1. The first-order chi connectivity index (χ1) is 14.8. The van der Waals surface area contributed by atoms with Gasteiger partial charge in [-0.15, -0.1) is 0 Å². The number of amides is 1. The summed E-state index contributed by atoms with van der Waals surface area (Å²) in [5, 5.41) is 6.85. The summed E-state index contributed by atoms with van der Waals surface area (Å²) in [6.07, 6.45) is 0. The van der Waals surface area contributed by atoms with Crippen molar-refractivity contribution in [3.05, 3.63) is 92.7 Å². The molecule has 1 aromatic heterocycles. The minimum Gasteiger partial charge on any atom is -0.295 e. The molecule has 0 atom stereocenters. The Labute approximate surface area is 176 Å². The van der Waals surface area contributed by atoms with E-state index in [2.05, 4.69) is 15.6 Å². The number of nitrogens with one attached hydrogen (secondary N) is 2. The molecule has 2 N–H and O–H groups in total. The number of hydrazone groups is 1. The van der Waals surface area contributed by atoms with Gasteiger partial charge in [-0.3, -0.25) is 19.5 Å². The predicted octanol–water partition coefficient (Wildman–Crippen LogP) is 3.06. The number of halogens is 1. The number of hydrogen-bond donors (Lipinski definition) is 2. The van der Waals surface area contributed by atoms with Crippen molar-refractivity contribution in [2.45, 2.75) is 20.8 Å². The van der Waals surface area contributed by atoms with E-state index in [1.807, 2.05) is 0 Å². The van der Waals surface area contributed by atoms with Gasteiger partial charge in [-0.2, -0.15) is 5.10 Å². The maximum absolute atomic E-state index is 13.6. The van der Waals surface area contributed by atoms with E-state index in [1.54, 1.807) is 45.0 Å². The van der Waals surface area contributed by atoms with Crippen molar-refractivity contribution in [2.75, 3.05) is 0 Å². The molecule has 4 rings (SSSR count). The van der Waals surface area contributed by atoms with Gasteiger partial charge in [0.1, 0.15) is 5.82 Å². The van der Waals surface area contributed by atoms with Crippen LogP contribution in [0, 0.1) is 19.7 Å². The molecular weight excluding hydrogens is 399 g/mol. The van der Waals surface area contributed by atoms with E-state index >= 15 is 0 Å². The summed E-state index contributed by atoms with van der Waals surface area (Å²) < 4.78 is 14.5. The Morgan fingerprint density at radius 3 is 2.29 bits per heavy atom. The number of H-pyrrole nitrogens is 1. The van der Waals surface area contributed by atoms with E-state index in [0.717, 1.165) is 0 Å². The van der Waals surface area contributed by atoms with E-state index in [4.69, 9.17) is 0 Å². The number of aryl methyl sites for hydroxylation is 2. The molecule has 1 aliphatic rings. The molecule has 0 saturated carbocycles. The van der Waals surface area contributed by atoms with Crippen molar-refractivity contribution < 1.29 is 14.0 Å². The Hall–Kier alpha value is -4.07. The van der Waals surface area contributed by atoms with E-state index in [9.17, 15) is 18.8 Å². The number of hydrogen-bond acceptors (Lipinski definition) is 4. The van der Waals surface area contributed by atoms with Crippen LogP contribution < -0.4 is 11.0 Å². The number of benzene rings is 2. The second-order valence-corrected chi connectivity index (χ2v) is 7.26. The average molecular weight is 418 g/mol. The van der Waals surface area contributed by atoms with Crippen molar-refractivity contribution in [3.63, 3.8) is 0 Å². The average Bonchev–Trinajstić information content (AvgIpc) is 3.23. The summed E-state index contributed by atoms with van der Waals surface area (Å²) in [5.41, 5.74) is 4.13. The van der Waals surface area contributed by atoms with Gasteiger partial charge in [0.2, 0.25) is 0 Å². The van der Waals surface area contributed by atoms with Crippen LogP contribution in [0.4, 0.5) is 4.39 Å². The SMILES string of the molecule is CC1=NNC(=O)C1=C(C(=O)c1ccccc1C)c1c(C)[nH]n(-c2ccc(F)cc2)c1=O. The van der Waals surface area contributed by atoms with Crippen molar-refractivity contribution in [3.8, 4) is 5.69 Å². The van der Waals surface area contributed by atoms with Crippen molar-refractivity contribution >= 4 is 23.0 Å². The minimum absolute atomic E-state index is 0.0230. The molecule has 156 valence electrons. The van der Waals surface area contributed by atoms with E-state index in [-0.39, 0.29) is 16.7 Å². The van der Waals surface area contributed by atoms with E-state index in [0.29, 0.717) is 28.2 Å². The molecule has 2 heterocycles. The molecule has 2 aromatic carbocycles. The van der Waals surface area contributed by atoms with Crippen LogP contribution >= 0.6 is 0 Å². The molecule has 0 fully saturated rings. The molecule has 0 aliphatic carbocycles. The Morgan fingerprint density at radius 2 is 1.68 bits per heavy atom. The molecule has 0 spiro atoms. The van der Waals surface area contributed by atoms with Crippen LogP contribution in [0.15, 0.2) is 64.0 Å². The number of Topliss-reactive ketones (excluding diaryl/α,β-unsaturated/α-hetero) is 1. The molecule has 7 nitrogen and oxygen atoms in total. The quantitative estimate of drug-likeness (QED) is 0.503. The first-order valence-electron chi connectivity index (χ1n) is 9.57. The maximum Gasteiger partial charge on any atom is 0.279 e. The zero-order valence-corrected chi connectivity index (χ0v) is 17.1. The number of aromatic nitrogens is 2. The molecule has 31 heavy (non-hydrogen) atoms. The highest BCUT2D eigenvalue weighted by molar-refractivity contribution is 6.41. The Balaban J connectivity index is 2.00. The maximum atomic E-state index is 13.6. The third-order valence-corrected chi connectivity index (χ3v) is 5.19. The van der Waals surface area contributed by atoms with E-state index in [1.165, 1.54) is 28.9 Å². The molecule has 3 aromatic rings. The first kappa shape index (κ1) is 20.2. The largest absolute Gasteiger partial charge is 0.295 e. The standard InChI is InChI=1S/C23H19FN4O3/c1-12-6-4-5-7-17(12)21(29)20(18-13(2)25-26-22(18)30)19-14(3)27-28(23(19)31)16-10-8-15(24)9-11-16/h4-11,27H,1-3H3,(H,26,30). The van der Waals surface area contributed by atoms with Crippen LogP contribution in [0.2, 0.25) is 0 Å². The highest BCUT2D eigenvalue weighted by Crippen LogP contribution is 2.28. The van der Waals surface area contributed by atoms with Gasteiger partial charge in [-0.05, 0) is 50.6 Å². The zero-order valence-electron chi connectivity index (χ0n) is 17.1. The van der Waals surface area contributed by atoms with Crippen LogP contribution in [0.3, 0.4) is 0 Å². The lowest BCUT2D eigenvalue weighted by Gasteiger charge is -2.11. The molecule has 1 amide bonds. The number of nitrogens with zero attached hydrogens (tertiary/aromatic N) is 2. The van der Waals surface area contributed by atoms with Gasteiger partial charge in [-0.1, -0.05) is 24.3 Å². The van der Waals surface area contributed by atoms with Crippen molar-refractivity contribution in [2.24, 2.45) is 5.10 Å². The molecule has 0 radical (unpaired) electrons. The third-order valence-electron chi connectivity index (χ3n) is 5.19. The third kappa shape index (κ3) is 3.42. The van der Waals surface area contributed by atoms with Crippen LogP contribution in [0.1, 0.15) is 34.1 Å². The minimum atomic E-state index is -0.553. The van der Waals surface area contributed by atoms with Gasteiger partial charge < -0.3 is 0 Å². The lowest BCUT2D eigenvalue weighted by atomic mass is 9.89. The summed E-state index contributed by atoms with van der Waals surface area (Å²) >= 11 is 0. The lowest BCUT2D eigenvalue weighted by Crippen LogP contribution is -2.23.